The van der Waals surface area contributed by atoms with Crippen molar-refractivity contribution in [2.45, 2.75) is 19.8 Å². The van der Waals surface area contributed by atoms with Crippen molar-refractivity contribution in [3.05, 3.63) is 11.6 Å². The highest BCUT2D eigenvalue weighted by molar-refractivity contribution is 8.02. The standard InChI is InChI=1S/C8H17NS/c1-5-6-7-10-8(2)9(3)4/h2,5-7H2,1,3-4H3. The van der Waals surface area contributed by atoms with Gasteiger partial charge in [0.05, 0.1) is 5.03 Å². The second-order valence-corrected chi connectivity index (χ2v) is 3.66. The number of hydrogen-bond acceptors (Lipinski definition) is 2. The fourth-order valence-corrected chi connectivity index (χ4v) is 1.39. The first-order valence-electron chi connectivity index (χ1n) is 3.67. The van der Waals surface area contributed by atoms with Crippen LogP contribution in [0.15, 0.2) is 11.6 Å². The van der Waals surface area contributed by atoms with Gasteiger partial charge in [0.15, 0.2) is 0 Å². The first-order chi connectivity index (χ1) is 4.68. The molecule has 0 saturated carbocycles. The third kappa shape index (κ3) is 4.74. The number of hydrogen-bond donors (Lipinski definition) is 0. The summed E-state index contributed by atoms with van der Waals surface area (Å²) in [6.07, 6.45) is 2.56. The van der Waals surface area contributed by atoms with Crippen LogP contribution in [0.5, 0.6) is 0 Å². The maximum absolute atomic E-state index is 3.91. The molecule has 0 N–H and O–H groups in total. The van der Waals surface area contributed by atoms with E-state index in [1.54, 1.807) is 0 Å². The lowest BCUT2D eigenvalue weighted by Crippen LogP contribution is -2.07. The van der Waals surface area contributed by atoms with Gasteiger partial charge in [0.25, 0.3) is 0 Å². The molecule has 0 saturated heterocycles. The minimum atomic E-state index is 1.16. The molecule has 0 heterocycles. The van der Waals surface area contributed by atoms with Crippen LogP contribution in [0.3, 0.4) is 0 Å². The van der Waals surface area contributed by atoms with Gasteiger partial charge in [0, 0.05) is 14.1 Å². The summed E-state index contributed by atoms with van der Waals surface area (Å²) in [6.45, 7) is 6.12. The van der Waals surface area contributed by atoms with E-state index in [-0.39, 0.29) is 0 Å². The Morgan fingerprint density at radius 3 is 2.50 bits per heavy atom. The average Bonchev–Trinajstić information content (AvgIpc) is 1.88. The van der Waals surface area contributed by atoms with Crippen LogP contribution in [0.1, 0.15) is 19.8 Å². The molecule has 0 unspecified atom stereocenters. The van der Waals surface area contributed by atoms with Crippen molar-refractivity contribution in [1.82, 2.24) is 4.90 Å². The summed E-state index contributed by atoms with van der Waals surface area (Å²) >= 11 is 1.84. The zero-order valence-corrected chi connectivity index (χ0v) is 8.00. The quantitative estimate of drug-likeness (QED) is 0.567. The molecule has 0 amide bonds. The Hall–Kier alpha value is -0.110. The summed E-state index contributed by atoms with van der Waals surface area (Å²) in [7, 11) is 4.06. The van der Waals surface area contributed by atoms with E-state index in [9.17, 15) is 0 Å². The fourth-order valence-electron chi connectivity index (χ4n) is 0.463. The van der Waals surface area contributed by atoms with Crippen molar-refractivity contribution >= 4 is 11.8 Å². The van der Waals surface area contributed by atoms with Gasteiger partial charge in [-0.3, -0.25) is 0 Å². The predicted molar refractivity (Wildman–Crippen MR) is 50.2 cm³/mol. The largest absolute Gasteiger partial charge is 0.373 e. The van der Waals surface area contributed by atoms with E-state index in [1.165, 1.54) is 18.6 Å². The summed E-state index contributed by atoms with van der Waals surface area (Å²) in [5, 5.41) is 1.16. The molecule has 0 fully saturated rings. The Kier molecular flexibility index (Phi) is 5.60. The van der Waals surface area contributed by atoms with Gasteiger partial charge in [-0.1, -0.05) is 19.9 Å². The Bertz CT molecular complexity index is 99.4. The molecule has 0 aliphatic heterocycles. The van der Waals surface area contributed by atoms with Crippen LogP contribution in [0.25, 0.3) is 0 Å². The van der Waals surface area contributed by atoms with E-state index in [4.69, 9.17) is 0 Å². The van der Waals surface area contributed by atoms with Crippen LogP contribution in [0, 0.1) is 0 Å². The van der Waals surface area contributed by atoms with E-state index in [0.717, 1.165) is 5.03 Å². The molecule has 0 spiro atoms. The Morgan fingerprint density at radius 1 is 1.50 bits per heavy atom. The molecular weight excluding hydrogens is 142 g/mol. The second kappa shape index (κ2) is 5.66. The first-order valence-corrected chi connectivity index (χ1v) is 4.66. The van der Waals surface area contributed by atoms with Crippen molar-refractivity contribution in [1.29, 1.82) is 0 Å². The molecule has 60 valence electrons. The highest BCUT2D eigenvalue weighted by Gasteiger charge is 1.94. The molecule has 10 heavy (non-hydrogen) atoms. The molecule has 2 heteroatoms. The summed E-state index contributed by atoms with van der Waals surface area (Å²) in [4.78, 5) is 2.06. The van der Waals surface area contributed by atoms with Crippen molar-refractivity contribution < 1.29 is 0 Å². The Balaban J connectivity index is 3.22. The van der Waals surface area contributed by atoms with Crippen molar-refractivity contribution in [2.75, 3.05) is 19.8 Å². The van der Waals surface area contributed by atoms with Gasteiger partial charge in [-0.15, -0.1) is 11.8 Å². The lowest BCUT2D eigenvalue weighted by atomic mass is 10.4. The third-order valence-electron chi connectivity index (χ3n) is 1.27. The minimum absolute atomic E-state index is 1.16. The molecule has 0 aromatic carbocycles. The third-order valence-corrected chi connectivity index (χ3v) is 2.46. The van der Waals surface area contributed by atoms with Crippen molar-refractivity contribution in [2.24, 2.45) is 0 Å². The van der Waals surface area contributed by atoms with Gasteiger partial charge >= 0.3 is 0 Å². The maximum atomic E-state index is 3.91. The zero-order valence-electron chi connectivity index (χ0n) is 7.18. The zero-order chi connectivity index (χ0) is 7.98. The number of rotatable bonds is 5. The molecule has 0 aromatic rings. The Morgan fingerprint density at radius 2 is 2.10 bits per heavy atom. The molecule has 0 radical (unpaired) electrons. The fraction of sp³-hybridized carbons (Fsp3) is 0.750. The van der Waals surface area contributed by atoms with Crippen LogP contribution < -0.4 is 0 Å². The SMILES string of the molecule is C=C(SCCCC)N(C)C. The Labute approximate surface area is 68.5 Å². The monoisotopic (exact) mass is 159 g/mol. The lowest BCUT2D eigenvalue weighted by molar-refractivity contribution is 0.552. The number of nitrogens with zero attached hydrogens (tertiary/aromatic N) is 1. The number of thioether (sulfide) groups is 1. The highest BCUT2D eigenvalue weighted by Crippen LogP contribution is 2.16. The van der Waals surface area contributed by atoms with Crippen LogP contribution >= 0.6 is 11.8 Å². The first kappa shape index (κ1) is 9.89. The summed E-state index contributed by atoms with van der Waals surface area (Å²) in [5.74, 6) is 1.20. The smallest absolute Gasteiger partial charge is 0.0629 e. The molecule has 1 nitrogen and oxygen atoms in total. The van der Waals surface area contributed by atoms with Gasteiger partial charge in [-0.05, 0) is 12.2 Å². The minimum Gasteiger partial charge on any atom is -0.373 e. The number of unbranched alkanes of at least 4 members (excludes halogenated alkanes) is 1. The van der Waals surface area contributed by atoms with E-state index in [1.807, 2.05) is 25.9 Å². The molecule has 0 aromatic heterocycles. The molecule has 0 aliphatic rings. The maximum Gasteiger partial charge on any atom is 0.0629 e. The summed E-state index contributed by atoms with van der Waals surface area (Å²) in [5.41, 5.74) is 0. The van der Waals surface area contributed by atoms with Crippen molar-refractivity contribution in [3.63, 3.8) is 0 Å². The topological polar surface area (TPSA) is 3.24 Å². The normalized spacial score (nSPS) is 9.50. The van der Waals surface area contributed by atoms with Crippen LogP contribution in [0.4, 0.5) is 0 Å². The predicted octanol–water partition coefficient (Wildman–Crippen LogP) is 2.55. The van der Waals surface area contributed by atoms with Crippen LogP contribution in [-0.2, 0) is 0 Å². The highest BCUT2D eigenvalue weighted by atomic mass is 32.2. The molecular formula is C8H17NS. The van der Waals surface area contributed by atoms with Crippen LogP contribution in [0.2, 0.25) is 0 Å². The van der Waals surface area contributed by atoms with Crippen molar-refractivity contribution in [3.8, 4) is 0 Å². The van der Waals surface area contributed by atoms with E-state index in [0.29, 0.717) is 0 Å². The summed E-state index contributed by atoms with van der Waals surface area (Å²) < 4.78 is 0. The van der Waals surface area contributed by atoms with Gasteiger partial charge < -0.3 is 4.90 Å². The van der Waals surface area contributed by atoms with Gasteiger partial charge in [-0.25, -0.2) is 0 Å². The van der Waals surface area contributed by atoms with E-state index < -0.39 is 0 Å². The summed E-state index contributed by atoms with van der Waals surface area (Å²) in [6, 6.07) is 0. The van der Waals surface area contributed by atoms with E-state index in [2.05, 4.69) is 18.4 Å². The molecule has 0 atom stereocenters. The average molecular weight is 159 g/mol. The second-order valence-electron chi connectivity index (χ2n) is 2.49. The van der Waals surface area contributed by atoms with Gasteiger partial charge in [0.2, 0.25) is 0 Å². The van der Waals surface area contributed by atoms with Gasteiger partial charge in [0.1, 0.15) is 0 Å². The van der Waals surface area contributed by atoms with Gasteiger partial charge in [-0.2, -0.15) is 0 Å². The molecule has 0 aliphatic carbocycles. The van der Waals surface area contributed by atoms with E-state index >= 15 is 0 Å². The lowest BCUT2D eigenvalue weighted by Gasteiger charge is -2.13. The molecule has 0 bridgehead atoms. The van der Waals surface area contributed by atoms with Crippen LogP contribution in [-0.4, -0.2) is 24.7 Å². The molecule has 0 rings (SSSR count).